The van der Waals surface area contributed by atoms with Gasteiger partial charge in [0.2, 0.25) is 0 Å². The highest BCUT2D eigenvalue weighted by molar-refractivity contribution is 9.10. The molecule has 0 amide bonds. The summed E-state index contributed by atoms with van der Waals surface area (Å²) in [6.07, 6.45) is 0.902. The normalized spacial score (nSPS) is 11.0. The van der Waals surface area contributed by atoms with E-state index in [9.17, 15) is 0 Å². The minimum Gasteiger partial charge on any atom is -0.460 e. The zero-order chi connectivity index (χ0) is 9.42. The van der Waals surface area contributed by atoms with E-state index in [0.717, 1.165) is 32.6 Å². The largest absolute Gasteiger partial charge is 0.460 e. The van der Waals surface area contributed by atoms with Gasteiger partial charge in [0.05, 0.1) is 4.47 Å². The predicted octanol–water partition coefficient (Wildman–Crippen LogP) is 4.41. The van der Waals surface area contributed by atoms with E-state index < -0.39 is 0 Å². The highest BCUT2D eigenvalue weighted by Crippen LogP contribution is 2.30. The molecule has 0 radical (unpaired) electrons. The van der Waals surface area contributed by atoms with E-state index in [1.165, 1.54) is 0 Å². The van der Waals surface area contributed by atoms with E-state index in [1.807, 2.05) is 18.2 Å². The lowest BCUT2D eigenvalue weighted by Gasteiger charge is -1.93. The molecule has 0 aliphatic rings. The predicted molar refractivity (Wildman–Crippen MR) is 58.3 cm³/mol. The molecule has 1 heterocycles. The average Bonchev–Trinajstić information content (AvgIpc) is 2.47. The topological polar surface area (TPSA) is 13.1 Å². The highest BCUT2D eigenvalue weighted by Gasteiger charge is 2.06. The first-order valence-electron chi connectivity index (χ1n) is 4.08. The van der Waals surface area contributed by atoms with Gasteiger partial charge in [0, 0.05) is 16.8 Å². The van der Waals surface area contributed by atoms with Crippen LogP contribution in [0, 0.1) is 0 Å². The molecular weight excluding hydrogens is 251 g/mol. The summed E-state index contributed by atoms with van der Waals surface area (Å²) in [7, 11) is 0. The van der Waals surface area contributed by atoms with Crippen LogP contribution in [0.3, 0.4) is 0 Å². The molecule has 0 aliphatic carbocycles. The molecule has 2 aromatic rings. The fourth-order valence-corrected chi connectivity index (χ4v) is 2.22. The Morgan fingerprint density at radius 2 is 2.15 bits per heavy atom. The van der Waals surface area contributed by atoms with Crippen LogP contribution >= 0.6 is 27.5 Å². The van der Waals surface area contributed by atoms with Gasteiger partial charge in [-0.3, -0.25) is 0 Å². The molecule has 0 atom stereocenters. The molecule has 0 unspecified atom stereocenters. The van der Waals surface area contributed by atoms with Crippen LogP contribution in [0.25, 0.3) is 11.0 Å². The van der Waals surface area contributed by atoms with Crippen molar-refractivity contribution < 1.29 is 4.42 Å². The van der Waals surface area contributed by atoms with Crippen molar-refractivity contribution in [2.45, 2.75) is 13.3 Å². The van der Waals surface area contributed by atoms with Gasteiger partial charge in [-0.05, 0) is 34.1 Å². The van der Waals surface area contributed by atoms with Crippen molar-refractivity contribution in [1.29, 1.82) is 0 Å². The minimum atomic E-state index is 0.725. The first kappa shape index (κ1) is 9.10. The fraction of sp³-hybridized carbons (Fsp3) is 0.200. The highest BCUT2D eigenvalue weighted by atomic mass is 79.9. The van der Waals surface area contributed by atoms with E-state index in [2.05, 4.69) is 22.9 Å². The van der Waals surface area contributed by atoms with Crippen molar-refractivity contribution >= 4 is 38.5 Å². The van der Waals surface area contributed by atoms with Gasteiger partial charge in [0.25, 0.3) is 0 Å². The van der Waals surface area contributed by atoms with E-state index in [1.54, 1.807) is 0 Å². The Labute approximate surface area is 89.8 Å². The quantitative estimate of drug-likeness (QED) is 0.739. The van der Waals surface area contributed by atoms with Crippen LogP contribution < -0.4 is 0 Å². The van der Waals surface area contributed by atoms with Crippen LogP contribution in [0.1, 0.15) is 12.7 Å². The molecule has 0 spiro atoms. The Morgan fingerprint density at radius 1 is 1.38 bits per heavy atom. The molecule has 1 aromatic heterocycles. The van der Waals surface area contributed by atoms with Gasteiger partial charge in [-0.1, -0.05) is 18.5 Å². The van der Waals surface area contributed by atoms with Gasteiger partial charge in [0.1, 0.15) is 11.3 Å². The molecule has 0 N–H and O–H groups in total. The number of rotatable bonds is 1. The number of hydrogen-bond acceptors (Lipinski definition) is 1. The Balaban J connectivity index is 2.75. The first-order chi connectivity index (χ1) is 6.20. The number of hydrogen-bond donors (Lipinski definition) is 0. The summed E-state index contributed by atoms with van der Waals surface area (Å²) in [4.78, 5) is 0. The molecule has 2 rings (SSSR count). The van der Waals surface area contributed by atoms with Crippen molar-refractivity contribution in [2.75, 3.05) is 0 Å². The standard InChI is InChI=1S/C10H8BrClO/c1-2-8-4-6-3-7(12)5-9(11)10(6)13-8/h3-5H,2H2,1H3. The van der Waals surface area contributed by atoms with Gasteiger partial charge in [-0.2, -0.15) is 0 Å². The van der Waals surface area contributed by atoms with Crippen LogP contribution in [0.15, 0.2) is 27.1 Å². The lowest BCUT2D eigenvalue weighted by atomic mass is 10.2. The van der Waals surface area contributed by atoms with Gasteiger partial charge < -0.3 is 4.42 Å². The lowest BCUT2D eigenvalue weighted by molar-refractivity contribution is 0.555. The zero-order valence-electron chi connectivity index (χ0n) is 7.10. The molecule has 0 aliphatic heterocycles. The lowest BCUT2D eigenvalue weighted by Crippen LogP contribution is -1.68. The van der Waals surface area contributed by atoms with Crippen LogP contribution in [0.2, 0.25) is 5.02 Å². The maximum atomic E-state index is 5.90. The number of furan rings is 1. The maximum Gasteiger partial charge on any atom is 0.148 e. The number of aryl methyl sites for hydroxylation is 1. The van der Waals surface area contributed by atoms with Gasteiger partial charge in [-0.15, -0.1) is 0 Å². The molecule has 68 valence electrons. The van der Waals surface area contributed by atoms with E-state index in [-0.39, 0.29) is 0 Å². The number of halogens is 2. The summed E-state index contributed by atoms with van der Waals surface area (Å²) in [6, 6.07) is 5.77. The smallest absolute Gasteiger partial charge is 0.148 e. The van der Waals surface area contributed by atoms with Crippen LogP contribution in [0.4, 0.5) is 0 Å². The Hall–Kier alpha value is -0.470. The summed E-state index contributed by atoms with van der Waals surface area (Å²) < 4.78 is 6.51. The second-order valence-corrected chi connectivity index (χ2v) is 4.16. The molecular formula is C10H8BrClO. The Morgan fingerprint density at radius 3 is 2.85 bits per heavy atom. The van der Waals surface area contributed by atoms with Crippen molar-refractivity contribution in [3.63, 3.8) is 0 Å². The van der Waals surface area contributed by atoms with Crippen molar-refractivity contribution in [1.82, 2.24) is 0 Å². The van der Waals surface area contributed by atoms with Crippen LogP contribution in [-0.2, 0) is 6.42 Å². The van der Waals surface area contributed by atoms with Gasteiger partial charge in [-0.25, -0.2) is 0 Å². The van der Waals surface area contributed by atoms with E-state index in [0.29, 0.717) is 0 Å². The second-order valence-electron chi connectivity index (χ2n) is 2.87. The summed E-state index contributed by atoms with van der Waals surface area (Å²) in [6.45, 7) is 2.06. The molecule has 1 nitrogen and oxygen atoms in total. The third-order valence-electron chi connectivity index (χ3n) is 1.94. The molecule has 0 fully saturated rings. The van der Waals surface area contributed by atoms with Gasteiger partial charge >= 0.3 is 0 Å². The van der Waals surface area contributed by atoms with Gasteiger partial charge in [0.15, 0.2) is 0 Å². The Kier molecular flexibility index (Phi) is 2.35. The SMILES string of the molecule is CCc1cc2cc(Cl)cc(Br)c2o1. The summed E-state index contributed by atoms with van der Waals surface area (Å²) >= 11 is 9.32. The van der Waals surface area contributed by atoms with Crippen molar-refractivity contribution in [2.24, 2.45) is 0 Å². The fourth-order valence-electron chi connectivity index (χ4n) is 1.30. The Bertz CT molecular complexity index is 447. The molecule has 13 heavy (non-hydrogen) atoms. The number of fused-ring (bicyclic) bond motifs is 1. The van der Waals surface area contributed by atoms with Crippen LogP contribution in [-0.4, -0.2) is 0 Å². The monoisotopic (exact) mass is 258 g/mol. The summed E-state index contributed by atoms with van der Waals surface area (Å²) in [5.41, 5.74) is 0.876. The molecule has 0 saturated heterocycles. The first-order valence-corrected chi connectivity index (χ1v) is 5.25. The van der Waals surface area contributed by atoms with Crippen LogP contribution in [0.5, 0.6) is 0 Å². The third-order valence-corrected chi connectivity index (χ3v) is 2.74. The van der Waals surface area contributed by atoms with E-state index in [4.69, 9.17) is 16.0 Å². The zero-order valence-corrected chi connectivity index (χ0v) is 9.45. The minimum absolute atomic E-state index is 0.725. The second kappa shape index (κ2) is 3.35. The summed E-state index contributed by atoms with van der Waals surface area (Å²) in [5.74, 6) is 0.984. The number of benzene rings is 1. The molecule has 3 heteroatoms. The van der Waals surface area contributed by atoms with Crippen molar-refractivity contribution in [3.05, 3.63) is 33.5 Å². The third kappa shape index (κ3) is 1.61. The van der Waals surface area contributed by atoms with E-state index >= 15 is 0 Å². The molecule has 0 bridgehead atoms. The summed E-state index contributed by atoms with van der Waals surface area (Å²) in [5, 5.41) is 1.78. The maximum absolute atomic E-state index is 5.90. The molecule has 1 aromatic carbocycles. The molecule has 0 saturated carbocycles. The average molecular weight is 260 g/mol. The van der Waals surface area contributed by atoms with Crippen molar-refractivity contribution in [3.8, 4) is 0 Å².